The SMILES string of the molecule is CCCCCCCCCCCCCCCCCCCc1n(CCCCCCCCCC)cc[n+]1CCCCCCCCCCCCCCCCCC. The van der Waals surface area contributed by atoms with Crippen LogP contribution in [0, 0.1) is 0 Å². The second kappa shape index (κ2) is 41.4. The molecule has 52 heavy (non-hydrogen) atoms. The third-order valence-corrected chi connectivity index (χ3v) is 12.1. The van der Waals surface area contributed by atoms with Crippen molar-refractivity contribution in [3.05, 3.63) is 18.2 Å². The molecule has 0 saturated heterocycles. The summed E-state index contributed by atoms with van der Waals surface area (Å²) >= 11 is 0. The van der Waals surface area contributed by atoms with Gasteiger partial charge in [0.15, 0.2) is 0 Å². The van der Waals surface area contributed by atoms with E-state index in [1.165, 1.54) is 283 Å². The van der Waals surface area contributed by atoms with Gasteiger partial charge < -0.3 is 0 Å². The summed E-state index contributed by atoms with van der Waals surface area (Å²) in [4.78, 5) is 0. The highest BCUT2D eigenvalue weighted by molar-refractivity contribution is 4.84. The summed E-state index contributed by atoms with van der Waals surface area (Å²) in [6.45, 7) is 9.42. The lowest BCUT2D eigenvalue weighted by Gasteiger charge is -2.07. The maximum Gasteiger partial charge on any atom is 0.256 e. The predicted octanol–water partition coefficient (Wildman–Crippen LogP) is 17.4. The molecule has 1 aromatic rings. The van der Waals surface area contributed by atoms with E-state index < -0.39 is 0 Å². The molecular formula is C50H99N2+. The standard InChI is InChI=1S/C50H99N2/c1-4-7-10-13-16-19-21-23-25-27-28-30-32-34-36-39-42-45-50-51(46-43-40-37-18-15-12-9-6-3)48-49-52(50)47-44-41-38-35-33-31-29-26-24-22-20-17-14-11-8-5-2/h48-49H,4-47H2,1-3H3/q+1. The number of aromatic nitrogens is 2. The number of aryl methyl sites for hydroxylation is 2. The van der Waals surface area contributed by atoms with Gasteiger partial charge in [-0.25, -0.2) is 9.13 Å². The topological polar surface area (TPSA) is 8.81 Å². The highest BCUT2D eigenvalue weighted by Gasteiger charge is 2.16. The van der Waals surface area contributed by atoms with Crippen LogP contribution < -0.4 is 4.57 Å². The molecule has 0 amide bonds. The average molecular weight is 728 g/mol. The summed E-state index contributed by atoms with van der Waals surface area (Å²) < 4.78 is 5.30. The van der Waals surface area contributed by atoms with Gasteiger partial charge in [0.05, 0.1) is 13.1 Å². The van der Waals surface area contributed by atoms with Crippen molar-refractivity contribution in [1.29, 1.82) is 0 Å². The molecule has 0 aliphatic carbocycles. The maximum absolute atomic E-state index is 2.65. The molecule has 2 nitrogen and oxygen atoms in total. The van der Waals surface area contributed by atoms with E-state index in [1.807, 2.05) is 0 Å². The lowest BCUT2D eigenvalue weighted by atomic mass is 10.0. The minimum Gasteiger partial charge on any atom is -0.234 e. The Morgan fingerprint density at radius 3 is 0.923 bits per heavy atom. The molecule has 1 heterocycles. The van der Waals surface area contributed by atoms with Gasteiger partial charge in [-0.3, -0.25) is 0 Å². The van der Waals surface area contributed by atoms with Crippen molar-refractivity contribution < 1.29 is 4.57 Å². The smallest absolute Gasteiger partial charge is 0.234 e. The van der Waals surface area contributed by atoms with Crippen molar-refractivity contribution in [2.24, 2.45) is 0 Å². The highest BCUT2D eigenvalue weighted by Crippen LogP contribution is 2.17. The Kier molecular flexibility index (Phi) is 39.2. The minimum atomic E-state index is 1.23. The molecular weight excluding hydrogens is 629 g/mol. The molecule has 0 aliphatic rings. The molecule has 308 valence electrons. The Balaban J connectivity index is 2.20. The number of hydrogen-bond donors (Lipinski definition) is 0. The Morgan fingerprint density at radius 2 is 0.596 bits per heavy atom. The van der Waals surface area contributed by atoms with Crippen molar-refractivity contribution in [3.8, 4) is 0 Å². The van der Waals surface area contributed by atoms with Crippen LogP contribution in [-0.4, -0.2) is 4.57 Å². The van der Waals surface area contributed by atoms with Crippen LogP contribution >= 0.6 is 0 Å². The van der Waals surface area contributed by atoms with Gasteiger partial charge in [0.1, 0.15) is 12.4 Å². The van der Waals surface area contributed by atoms with E-state index in [9.17, 15) is 0 Å². The number of nitrogens with zero attached hydrogens (tertiary/aromatic N) is 2. The van der Waals surface area contributed by atoms with Gasteiger partial charge in [-0.15, -0.1) is 0 Å². The first-order chi connectivity index (χ1) is 25.8. The molecule has 0 unspecified atom stereocenters. The lowest BCUT2D eigenvalue weighted by Crippen LogP contribution is -2.37. The number of imidazole rings is 1. The summed E-state index contributed by atoms with van der Waals surface area (Å²) in [7, 11) is 0. The number of hydrogen-bond acceptors (Lipinski definition) is 0. The zero-order valence-electron chi connectivity index (χ0n) is 36.7. The van der Waals surface area contributed by atoms with E-state index in [2.05, 4.69) is 42.3 Å². The second-order valence-corrected chi connectivity index (χ2v) is 17.3. The molecule has 0 saturated carbocycles. The van der Waals surface area contributed by atoms with Crippen LogP contribution in [0.2, 0.25) is 0 Å². The fraction of sp³-hybridized carbons (Fsp3) is 0.940. The van der Waals surface area contributed by atoms with Gasteiger partial charge in [-0.05, 0) is 32.1 Å². The highest BCUT2D eigenvalue weighted by atomic mass is 15.1. The predicted molar refractivity (Wildman–Crippen MR) is 235 cm³/mol. The van der Waals surface area contributed by atoms with Crippen LogP contribution in [0.1, 0.15) is 290 Å². The molecule has 2 heteroatoms. The Labute approximate surface area is 329 Å². The van der Waals surface area contributed by atoms with Gasteiger partial charge in [0.25, 0.3) is 5.82 Å². The summed E-state index contributed by atoms with van der Waals surface area (Å²) in [6, 6.07) is 0. The van der Waals surface area contributed by atoms with Gasteiger partial charge in [-0.2, -0.15) is 0 Å². The average Bonchev–Trinajstić information content (AvgIpc) is 3.54. The second-order valence-electron chi connectivity index (χ2n) is 17.3. The fourth-order valence-electron chi connectivity index (χ4n) is 8.45. The molecule has 0 fully saturated rings. The summed E-state index contributed by atoms with van der Waals surface area (Å²) in [5.41, 5.74) is 0. The van der Waals surface area contributed by atoms with Crippen LogP contribution in [0.4, 0.5) is 0 Å². The first-order valence-electron chi connectivity index (χ1n) is 24.9. The largest absolute Gasteiger partial charge is 0.256 e. The molecule has 0 aliphatic heterocycles. The van der Waals surface area contributed by atoms with E-state index in [0.29, 0.717) is 0 Å². The third kappa shape index (κ3) is 32.6. The molecule has 0 N–H and O–H groups in total. The van der Waals surface area contributed by atoms with E-state index in [4.69, 9.17) is 0 Å². The van der Waals surface area contributed by atoms with Gasteiger partial charge in [0, 0.05) is 6.42 Å². The van der Waals surface area contributed by atoms with Gasteiger partial charge in [0.2, 0.25) is 0 Å². The van der Waals surface area contributed by atoms with Crippen molar-refractivity contribution in [2.75, 3.05) is 0 Å². The number of unbranched alkanes of at least 4 members (excludes halogenated alkanes) is 38. The van der Waals surface area contributed by atoms with Crippen LogP contribution in [0.25, 0.3) is 0 Å². The summed E-state index contributed by atoms with van der Waals surface area (Å²) in [6.07, 6.45) is 65.3. The summed E-state index contributed by atoms with van der Waals surface area (Å²) in [5, 5.41) is 0. The quantitative estimate of drug-likeness (QED) is 0.0467. The van der Waals surface area contributed by atoms with E-state index in [0.717, 1.165) is 0 Å². The lowest BCUT2D eigenvalue weighted by molar-refractivity contribution is -0.704. The molecule has 0 bridgehead atoms. The van der Waals surface area contributed by atoms with Crippen LogP contribution in [0.15, 0.2) is 12.4 Å². The first-order valence-corrected chi connectivity index (χ1v) is 24.9. The molecule has 0 radical (unpaired) electrons. The molecule has 1 rings (SSSR count). The Morgan fingerprint density at radius 1 is 0.327 bits per heavy atom. The Bertz CT molecular complexity index is 796. The molecule has 0 spiro atoms. The van der Waals surface area contributed by atoms with Crippen LogP contribution in [0.3, 0.4) is 0 Å². The third-order valence-electron chi connectivity index (χ3n) is 12.1. The van der Waals surface area contributed by atoms with Crippen molar-refractivity contribution >= 4 is 0 Å². The minimum absolute atomic E-state index is 1.23. The van der Waals surface area contributed by atoms with Crippen molar-refractivity contribution in [3.63, 3.8) is 0 Å². The Hall–Kier alpha value is -0.790. The monoisotopic (exact) mass is 728 g/mol. The van der Waals surface area contributed by atoms with Crippen molar-refractivity contribution in [1.82, 2.24) is 4.57 Å². The fourth-order valence-corrected chi connectivity index (χ4v) is 8.45. The summed E-state index contributed by atoms with van der Waals surface area (Å²) in [5.74, 6) is 1.63. The molecule has 0 aromatic carbocycles. The van der Waals surface area contributed by atoms with Crippen molar-refractivity contribution in [2.45, 2.75) is 304 Å². The van der Waals surface area contributed by atoms with E-state index in [-0.39, 0.29) is 0 Å². The molecule has 0 atom stereocenters. The van der Waals surface area contributed by atoms with Crippen LogP contribution in [-0.2, 0) is 19.5 Å². The molecule has 1 aromatic heterocycles. The zero-order chi connectivity index (χ0) is 37.3. The zero-order valence-corrected chi connectivity index (χ0v) is 36.7. The number of rotatable bonds is 44. The van der Waals surface area contributed by atoms with Gasteiger partial charge >= 0.3 is 0 Å². The maximum atomic E-state index is 2.65. The van der Waals surface area contributed by atoms with E-state index >= 15 is 0 Å². The first kappa shape index (κ1) is 49.2. The van der Waals surface area contributed by atoms with E-state index in [1.54, 1.807) is 5.82 Å². The van der Waals surface area contributed by atoms with Gasteiger partial charge in [-0.1, -0.05) is 252 Å². The van der Waals surface area contributed by atoms with Crippen LogP contribution in [0.5, 0.6) is 0 Å². The normalized spacial score (nSPS) is 11.7.